The second-order valence-corrected chi connectivity index (χ2v) is 8.38. The molecule has 154 valence electrons. The zero-order chi connectivity index (χ0) is 19.9. The van der Waals surface area contributed by atoms with Crippen LogP contribution in [0.1, 0.15) is 96.5 Å². The quantitative estimate of drug-likeness (QED) is 0.206. The smallest absolute Gasteiger partial charge is 0.0965 e. The van der Waals surface area contributed by atoms with Gasteiger partial charge in [-0.1, -0.05) is 118 Å². The van der Waals surface area contributed by atoms with Gasteiger partial charge in [0.15, 0.2) is 12.4 Å². The minimum atomic E-state index is 0.500. The predicted octanol–water partition coefficient (Wildman–Crippen LogP) is 7.83. The molecule has 0 radical (unpaired) electrons. The van der Waals surface area contributed by atoms with E-state index < -0.39 is 0 Å². The second kappa shape index (κ2) is 14.4. The summed E-state index contributed by atoms with van der Waals surface area (Å²) in [6, 6.07) is 11.0. The summed E-state index contributed by atoms with van der Waals surface area (Å²) >= 11 is 0. The first-order chi connectivity index (χ1) is 13.8. The molecule has 1 heterocycles. The molecule has 0 spiro atoms. The van der Waals surface area contributed by atoms with Crippen molar-refractivity contribution in [1.29, 1.82) is 0 Å². The summed E-state index contributed by atoms with van der Waals surface area (Å²) in [5.41, 5.74) is 1.45. The van der Waals surface area contributed by atoms with E-state index in [1.807, 2.05) is 12.4 Å². The summed E-state index contributed by atoms with van der Waals surface area (Å²) in [6.07, 6.45) is 22.1. The molecule has 0 aliphatic carbocycles. The third kappa shape index (κ3) is 8.63. The molecule has 0 bridgehead atoms. The fourth-order valence-electron chi connectivity index (χ4n) is 4.43. The average Bonchev–Trinajstić information content (AvgIpc) is 3.24. The van der Waals surface area contributed by atoms with Crippen molar-refractivity contribution >= 4 is 12.4 Å². The second-order valence-electron chi connectivity index (χ2n) is 8.38. The van der Waals surface area contributed by atoms with E-state index in [2.05, 4.69) is 54.2 Å². The van der Waals surface area contributed by atoms with Crippen LogP contribution in [0.15, 0.2) is 40.3 Å². The van der Waals surface area contributed by atoms with Crippen LogP contribution in [0.4, 0.5) is 0 Å². The van der Waals surface area contributed by atoms with Gasteiger partial charge in [0.05, 0.1) is 5.92 Å². The molecule has 1 aromatic carbocycles. The highest BCUT2D eigenvalue weighted by molar-refractivity contribution is 6.18. The van der Waals surface area contributed by atoms with E-state index >= 15 is 0 Å². The van der Waals surface area contributed by atoms with Crippen LogP contribution < -0.4 is 0 Å². The summed E-state index contributed by atoms with van der Waals surface area (Å²) in [6.45, 7) is 4.59. The lowest BCUT2D eigenvalue weighted by atomic mass is 9.79. The van der Waals surface area contributed by atoms with Crippen LogP contribution in [-0.2, 0) is 6.42 Å². The van der Waals surface area contributed by atoms with E-state index in [1.54, 1.807) is 0 Å². The average molecular weight is 382 g/mol. The largest absolute Gasteiger partial charge is 0.244 e. The summed E-state index contributed by atoms with van der Waals surface area (Å²) in [5, 5.41) is 0. The van der Waals surface area contributed by atoms with Gasteiger partial charge in [-0.05, 0) is 30.7 Å². The zero-order valence-corrected chi connectivity index (χ0v) is 18.3. The van der Waals surface area contributed by atoms with E-state index in [4.69, 9.17) is 0 Å². The van der Waals surface area contributed by atoms with Crippen molar-refractivity contribution in [1.82, 2.24) is 0 Å². The lowest BCUT2D eigenvalue weighted by Crippen LogP contribution is -2.22. The standard InChI is InChI=1S/C26H41N2/c1-3-5-6-7-8-9-10-11-15-19-25(26-27-20-21-28-26)24(16-4-2)22-23-17-13-12-14-18-23/h12-14,17-18,20-21,24-25H,3-11,15-16,19,22H2,1-2H3/q+1. The number of rotatable bonds is 16. The predicted molar refractivity (Wildman–Crippen MR) is 124 cm³/mol. The molecule has 0 saturated heterocycles. The molecule has 28 heavy (non-hydrogen) atoms. The Morgan fingerprint density at radius 2 is 1.32 bits per heavy atom. The molecule has 0 fully saturated rings. The number of aliphatic imine (C=N–C) groups is 2. The van der Waals surface area contributed by atoms with E-state index in [0.717, 1.165) is 12.6 Å². The first-order valence-corrected chi connectivity index (χ1v) is 11.8. The molecule has 0 saturated carbocycles. The minimum absolute atomic E-state index is 0.500. The maximum absolute atomic E-state index is 4.61. The third-order valence-electron chi connectivity index (χ3n) is 6.00. The van der Waals surface area contributed by atoms with Gasteiger partial charge in [-0.15, -0.1) is 0 Å². The lowest BCUT2D eigenvalue weighted by molar-refractivity contribution is 0.290. The molecule has 0 aromatic heterocycles. The first kappa shape index (κ1) is 22.7. The molecule has 2 unspecified atom stereocenters. The van der Waals surface area contributed by atoms with Crippen molar-refractivity contribution in [3.8, 4) is 0 Å². The summed E-state index contributed by atoms with van der Waals surface area (Å²) in [7, 11) is 0. The molecule has 2 rings (SSSR count). The van der Waals surface area contributed by atoms with Gasteiger partial charge in [0.2, 0.25) is 6.17 Å². The first-order valence-electron chi connectivity index (χ1n) is 11.8. The van der Waals surface area contributed by atoms with Gasteiger partial charge in [0.1, 0.15) is 0 Å². The normalized spacial score (nSPS) is 15.3. The zero-order valence-electron chi connectivity index (χ0n) is 18.3. The fraction of sp³-hybridized carbons (Fsp3) is 0.654. The number of benzene rings is 1. The van der Waals surface area contributed by atoms with E-state index in [9.17, 15) is 0 Å². The Kier molecular flexibility index (Phi) is 11.7. The van der Waals surface area contributed by atoms with Gasteiger partial charge >= 0.3 is 0 Å². The van der Waals surface area contributed by atoms with Crippen molar-refractivity contribution in [2.75, 3.05) is 0 Å². The summed E-state index contributed by atoms with van der Waals surface area (Å²) < 4.78 is 0. The molecule has 1 aliphatic heterocycles. The summed E-state index contributed by atoms with van der Waals surface area (Å²) in [5.74, 6) is 1.14. The third-order valence-corrected chi connectivity index (χ3v) is 6.00. The van der Waals surface area contributed by atoms with Gasteiger partial charge in [-0.25, -0.2) is 0 Å². The van der Waals surface area contributed by atoms with Gasteiger partial charge < -0.3 is 0 Å². The van der Waals surface area contributed by atoms with Crippen LogP contribution in [0.25, 0.3) is 0 Å². The maximum atomic E-state index is 4.61. The van der Waals surface area contributed by atoms with E-state index in [-0.39, 0.29) is 0 Å². The van der Waals surface area contributed by atoms with Crippen molar-refractivity contribution in [3.63, 3.8) is 0 Å². The molecule has 0 N–H and O–H groups in total. The Morgan fingerprint density at radius 1 is 0.714 bits per heavy atom. The topological polar surface area (TPSA) is 24.7 Å². The monoisotopic (exact) mass is 381 g/mol. The highest BCUT2D eigenvalue weighted by atomic mass is 15.0. The van der Waals surface area contributed by atoms with Crippen LogP contribution in [-0.4, -0.2) is 12.4 Å². The molecule has 2 nitrogen and oxygen atoms in total. The van der Waals surface area contributed by atoms with Crippen molar-refractivity contribution in [3.05, 3.63) is 42.1 Å². The highest BCUT2D eigenvalue weighted by Gasteiger charge is 2.34. The van der Waals surface area contributed by atoms with Gasteiger partial charge in [-0.2, -0.15) is 0 Å². The Hall–Kier alpha value is -1.57. The Labute approximate surface area is 174 Å². The highest BCUT2D eigenvalue weighted by Crippen LogP contribution is 2.36. The minimum Gasteiger partial charge on any atom is -0.0965 e. The number of unbranched alkanes of at least 4 members (excludes halogenated alkanes) is 8. The van der Waals surface area contributed by atoms with Crippen molar-refractivity contribution < 1.29 is 0 Å². The lowest BCUT2D eigenvalue weighted by Gasteiger charge is -2.25. The SMILES string of the molecule is CCCCCCCCCCCC([C+]1N=CC=N1)C(CCC)Cc1ccccc1. The number of hydrogen-bond donors (Lipinski definition) is 0. The Bertz CT molecular complexity index is 537. The maximum Gasteiger partial charge on any atom is 0.244 e. The number of nitrogens with zero attached hydrogens (tertiary/aromatic N) is 2. The van der Waals surface area contributed by atoms with Gasteiger partial charge in [0.25, 0.3) is 0 Å². The molecule has 1 aliphatic rings. The van der Waals surface area contributed by atoms with Crippen LogP contribution in [0, 0.1) is 18.0 Å². The van der Waals surface area contributed by atoms with Crippen molar-refractivity contribution in [2.45, 2.75) is 97.3 Å². The number of hydrogen-bond acceptors (Lipinski definition) is 2. The van der Waals surface area contributed by atoms with Crippen molar-refractivity contribution in [2.24, 2.45) is 21.8 Å². The molecular weight excluding hydrogens is 340 g/mol. The van der Waals surface area contributed by atoms with Crippen LogP contribution in [0.5, 0.6) is 0 Å². The molecular formula is C26H41N2+. The fourth-order valence-corrected chi connectivity index (χ4v) is 4.43. The van der Waals surface area contributed by atoms with E-state index in [1.165, 1.54) is 82.6 Å². The van der Waals surface area contributed by atoms with Gasteiger partial charge in [-0.3, -0.25) is 0 Å². The van der Waals surface area contributed by atoms with Crippen LogP contribution >= 0.6 is 0 Å². The van der Waals surface area contributed by atoms with Crippen LogP contribution in [0.3, 0.4) is 0 Å². The Morgan fingerprint density at radius 3 is 1.93 bits per heavy atom. The molecule has 2 heteroatoms. The Balaban J connectivity index is 1.81. The molecule has 1 aromatic rings. The van der Waals surface area contributed by atoms with Gasteiger partial charge in [0, 0.05) is 0 Å². The molecule has 0 amide bonds. The van der Waals surface area contributed by atoms with Crippen LogP contribution in [0.2, 0.25) is 0 Å². The molecule has 2 atom stereocenters. The summed E-state index contributed by atoms with van der Waals surface area (Å²) in [4.78, 5) is 9.21. The van der Waals surface area contributed by atoms with E-state index in [0.29, 0.717) is 11.8 Å².